The van der Waals surface area contributed by atoms with Crippen molar-refractivity contribution in [2.75, 3.05) is 12.4 Å². The van der Waals surface area contributed by atoms with E-state index in [0.29, 0.717) is 0 Å². The molecule has 0 N–H and O–H groups in total. The second-order valence-electron chi connectivity index (χ2n) is 5.95. The summed E-state index contributed by atoms with van der Waals surface area (Å²) in [6, 6.07) is 8.62. The number of imidazole rings is 1. The second-order valence-corrected chi connectivity index (χ2v) is 9.44. The van der Waals surface area contributed by atoms with E-state index in [9.17, 15) is 0 Å². The highest BCUT2D eigenvalue weighted by Gasteiger charge is 2.38. The summed E-state index contributed by atoms with van der Waals surface area (Å²) >= 11 is 4.27. The van der Waals surface area contributed by atoms with Crippen molar-refractivity contribution in [2.45, 2.75) is 42.6 Å². The molecule has 2 aromatic rings. The summed E-state index contributed by atoms with van der Waals surface area (Å²) in [5, 5.41) is 0.727. The van der Waals surface area contributed by atoms with Crippen LogP contribution in [0.5, 0.6) is 5.75 Å². The smallest absolute Gasteiger partial charge is 0.119 e. The molecule has 0 aliphatic carbocycles. The fourth-order valence-corrected chi connectivity index (χ4v) is 6.60. The van der Waals surface area contributed by atoms with E-state index in [-0.39, 0.29) is 4.08 Å². The van der Waals surface area contributed by atoms with E-state index in [1.165, 1.54) is 11.3 Å². The predicted octanol–water partition coefficient (Wildman–Crippen LogP) is 4.48. The number of thioether (sulfide) groups is 2. The molecular formula is C18H24N2OS2. The normalized spacial score (nSPS) is 24.0. The highest BCUT2D eigenvalue weighted by atomic mass is 32.2. The fraction of sp³-hybridized carbons (Fsp3) is 0.500. The van der Waals surface area contributed by atoms with Crippen LogP contribution in [-0.4, -0.2) is 31.2 Å². The molecule has 2 atom stereocenters. The van der Waals surface area contributed by atoms with Gasteiger partial charge in [-0.2, -0.15) is 0 Å². The first-order chi connectivity index (χ1) is 11.2. The van der Waals surface area contributed by atoms with Crippen molar-refractivity contribution in [3.8, 4) is 5.75 Å². The van der Waals surface area contributed by atoms with Gasteiger partial charge in [0, 0.05) is 29.9 Å². The minimum atomic E-state index is 0.275. The van der Waals surface area contributed by atoms with Crippen LogP contribution in [0, 0.1) is 0 Å². The van der Waals surface area contributed by atoms with Crippen LogP contribution in [-0.2, 0) is 13.0 Å². The molecule has 1 aliphatic heterocycles. The summed E-state index contributed by atoms with van der Waals surface area (Å²) in [7, 11) is 0. The minimum absolute atomic E-state index is 0.275. The van der Waals surface area contributed by atoms with Crippen LogP contribution < -0.4 is 4.74 Å². The molecule has 124 valence electrons. The number of aromatic nitrogens is 2. The van der Waals surface area contributed by atoms with Crippen LogP contribution in [0.3, 0.4) is 0 Å². The zero-order valence-electron chi connectivity index (χ0n) is 13.8. The Morgan fingerprint density at radius 2 is 2.17 bits per heavy atom. The van der Waals surface area contributed by atoms with Gasteiger partial charge in [0.25, 0.3) is 0 Å². The lowest BCUT2D eigenvalue weighted by Crippen LogP contribution is -2.23. The Bertz CT molecular complexity index is 600. The van der Waals surface area contributed by atoms with Gasteiger partial charge in [-0.15, -0.1) is 23.5 Å². The van der Waals surface area contributed by atoms with Crippen LogP contribution in [0.25, 0.3) is 0 Å². The minimum Gasteiger partial charge on any atom is -0.494 e. The third-order valence-corrected chi connectivity index (χ3v) is 7.76. The van der Waals surface area contributed by atoms with Crippen LogP contribution >= 0.6 is 23.5 Å². The molecule has 1 aliphatic rings. The summed E-state index contributed by atoms with van der Waals surface area (Å²) in [4.78, 5) is 4.15. The number of aryl methyl sites for hydroxylation is 1. The van der Waals surface area contributed by atoms with E-state index < -0.39 is 0 Å². The van der Waals surface area contributed by atoms with Crippen molar-refractivity contribution in [3.05, 3.63) is 48.5 Å². The van der Waals surface area contributed by atoms with Crippen LogP contribution in [0.4, 0.5) is 0 Å². The lowest BCUT2D eigenvalue weighted by Gasteiger charge is -2.28. The van der Waals surface area contributed by atoms with Gasteiger partial charge in [-0.3, -0.25) is 0 Å². The number of nitrogens with zero attached hydrogens (tertiary/aromatic N) is 2. The third kappa shape index (κ3) is 4.48. The van der Waals surface area contributed by atoms with E-state index >= 15 is 0 Å². The SMILES string of the molecule is CCOc1ccc(CC2(CCn3ccnc3)SCC(C)S2)cc1. The molecule has 0 bridgehead atoms. The quantitative estimate of drug-likeness (QED) is 0.737. The molecule has 5 heteroatoms. The van der Waals surface area contributed by atoms with E-state index in [4.69, 9.17) is 4.74 Å². The molecule has 1 aromatic heterocycles. The molecule has 0 amide bonds. The van der Waals surface area contributed by atoms with Crippen LogP contribution in [0.2, 0.25) is 0 Å². The van der Waals surface area contributed by atoms with Gasteiger partial charge in [-0.05, 0) is 37.5 Å². The fourth-order valence-electron chi connectivity index (χ4n) is 2.92. The number of benzene rings is 1. The Morgan fingerprint density at radius 3 is 2.78 bits per heavy atom. The maximum Gasteiger partial charge on any atom is 0.119 e. The Kier molecular flexibility index (Phi) is 5.59. The lowest BCUT2D eigenvalue weighted by atomic mass is 10.1. The Morgan fingerprint density at radius 1 is 1.35 bits per heavy atom. The van der Waals surface area contributed by atoms with Crippen molar-refractivity contribution < 1.29 is 4.74 Å². The average molecular weight is 349 g/mol. The molecule has 2 unspecified atom stereocenters. The topological polar surface area (TPSA) is 27.1 Å². The first kappa shape index (κ1) is 16.8. The highest BCUT2D eigenvalue weighted by molar-refractivity contribution is 8.21. The van der Waals surface area contributed by atoms with E-state index in [1.807, 2.05) is 19.4 Å². The molecule has 1 saturated heterocycles. The number of hydrogen-bond donors (Lipinski definition) is 0. The number of hydrogen-bond acceptors (Lipinski definition) is 4. The molecule has 0 spiro atoms. The standard InChI is InChI=1S/C18H24N2OS2/c1-3-21-17-6-4-16(5-7-17)12-18(22-13-15(2)23-18)8-10-20-11-9-19-14-20/h4-7,9,11,14-15H,3,8,10,12-13H2,1-2H3. The van der Waals surface area contributed by atoms with Crippen LogP contribution in [0.15, 0.2) is 43.0 Å². The zero-order chi connectivity index (χ0) is 16.1. The molecule has 1 fully saturated rings. The molecular weight excluding hydrogens is 324 g/mol. The highest BCUT2D eigenvalue weighted by Crippen LogP contribution is 2.52. The number of ether oxygens (including phenoxy) is 1. The van der Waals surface area contributed by atoms with Gasteiger partial charge in [-0.1, -0.05) is 19.1 Å². The summed E-state index contributed by atoms with van der Waals surface area (Å²) in [5.74, 6) is 2.20. The Labute approximate surface area is 147 Å². The molecule has 0 saturated carbocycles. The van der Waals surface area contributed by atoms with Gasteiger partial charge in [0.15, 0.2) is 0 Å². The summed E-state index contributed by atoms with van der Waals surface area (Å²) in [5.41, 5.74) is 1.40. The van der Waals surface area contributed by atoms with Gasteiger partial charge >= 0.3 is 0 Å². The van der Waals surface area contributed by atoms with E-state index in [0.717, 1.165) is 37.0 Å². The molecule has 2 heterocycles. The first-order valence-electron chi connectivity index (χ1n) is 8.18. The summed E-state index contributed by atoms with van der Waals surface area (Å²) < 4.78 is 8.01. The van der Waals surface area contributed by atoms with Gasteiger partial charge in [-0.25, -0.2) is 4.98 Å². The maximum atomic E-state index is 5.55. The van der Waals surface area contributed by atoms with Gasteiger partial charge < -0.3 is 9.30 Å². The summed E-state index contributed by atoms with van der Waals surface area (Å²) in [6.07, 6.45) is 8.09. The average Bonchev–Trinajstić information content (AvgIpc) is 3.18. The predicted molar refractivity (Wildman–Crippen MR) is 100 cm³/mol. The molecule has 3 nitrogen and oxygen atoms in total. The molecule has 1 aromatic carbocycles. The van der Waals surface area contributed by atoms with Gasteiger partial charge in [0.2, 0.25) is 0 Å². The second kappa shape index (κ2) is 7.67. The number of rotatable bonds is 7. The van der Waals surface area contributed by atoms with Crippen molar-refractivity contribution >= 4 is 23.5 Å². The van der Waals surface area contributed by atoms with Crippen molar-refractivity contribution in [2.24, 2.45) is 0 Å². The van der Waals surface area contributed by atoms with Gasteiger partial charge in [0.05, 0.1) is 17.0 Å². The first-order valence-corrected chi connectivity index (χ1v) is 10.0. The van der Waals surface area contributed by atoms with Crippen molar-refractivity contribution in [3.63, 3.8) is 0 Å². The third-order valence-electron chi connectivity index (χ3n) is 4.01. The maximum absolute atomic E-state index is 5.55. The zero-order valence-corrected chi connectivity index (χ0v) is 15.4. The Hall–Kier alpha value is -1.07. The molecule has 23 heavy (non-hydrogen) atoms. The molecule has 0 radical (unpaired) electrons. The van der Waals surface area contributed by atoms with Crippen LogP contribution in [0.1, 0.15) is 25.8 Å². The lowest BCUT2D eigenvalue weighted by molar-refractivity contribution is 0.340. The van der Waals surface area contributed by atoms with Gasteiger partial charge in [0.1, 0.15) is 5.75 Å². The largest absolute Gasteiger partial charge is 0.494 e. The van der Waals surface area contributed by atoms with E-state index in [1.54, 1.807) is 0 Å². The summed E-state index contributed by atoms with van der Waals surface area (Å²) in [6.45, 7) is 6.11. The van der Waals surface area contributed by atoms with E-state index in [2.05, 4.69) is 70.5 Å². The van der Waals surface area contributed by atoms with Crippen molar-refractivity contribution in [1.29, 1.82) is 0 Å². The molecule has 3 rings (SSSR count). The Balaban J connectivity index is 1.68. The monoisotopic (exact) mass is 348 g/mol. The van der Waals surface area contributed by atoms with Crippen molar-refractivity contribution in [1.82, 2.24) is 9.55 Å².